The minimum Gasteiger partial charge on any atom is -0.307 e. The van der Waals surface area contributed by atoms with E-state index in [0.29, 0.717) is 6.04 Å². The van der Waals surface area contributed by atoms with Crippen LogP contribution in [-0.2, 0) is 0 Å². The number of nitrogens with one attached hydrogen (secondary N) is 1. The number of rotatable bonds is 3. The van der Waals surface area contributed by atoms with Gasteiger partial charge in [-0.1, -0.05) is 12.1 Å². The van der Waals surface area contributed by atoms with Gasteiger partial charge in [-0.2, -0.15) is 0 Å². The van der Waals surface area contributed by atoms with Gasteiger partial charge in [-0.25, -0.2) is 4.39 Å². The van der Waals surface area contributed by atoms with Crippen LogP contribution in [-0.4, -0.2) is 30.1 Å². The number of benzene rings is 1. The summed E-state index contributed by atoms with van der Waals surface area (Å²) in [6.07, 6.45) is 5.18. The summed E-state index contributed by atoms with van der Waals surface area (Å²) in [5.74, 6) is -0.142. The summed E-state index contributed by atoms with van der Waals surface area (Å²) in [5.41, 5.74) is 1.05. The number of fused-ring (bicyclic) bond motifs is 1. The summed E-state index contributed by atoms with van der Waals surface area (Å²) in [4.78, 5) is 2.63. The predicted octanol–water partition coefficient (Wildman–Crippen LogP) is 3.10. The number of piperidine rings is 1. The smallest absolute Gasteiger partial charge is 0.123 e. The van der Waals surface area contributed by atoms with Crippen LogP contribution in [0.4, 0.5) is 4.39 Å². The van der Waals surface area contributed by atoms with Gasteiger partial charge in [-0.15, -0.1) is 0 Å². The maximum Gasteiger partial charge on any atom is 0.123 e. The molecule has 104 valence electrons. The normalized spacial score (nSPS) is 29.2. The van der Waals surface area contributed by atoms with Gasteiger partial charge in [-0.3, -0.25) is 0 Å². The summed E-state index contributed by atoms with van der Waals surface area (Å²) < 4.78 is 13.2. The van der Waals surface area contributed by atoms with E-state index in [1.165, 1.54) is 44.8 Å². The SMILES string of the molecule is C[C@H](NC1CCN2CCCC2C1)c1cccc(F)c1. The van der Waals surface area contributed by atoms with Crippen LogP contribution in [0.2, 0.25) is 0 Å². The monoisotopic (exact) mass is 262 g/mol. The number of halogens is 1. The fourth-order valence-electron chi connectivity index (χ4n) is 3.60. The molecule has 2 fully saturated rings. The third-order valence-corrected chi connectivity index (χ3v) is 4.65. The van der Waals surface area contributed by atoms with E-state index in [0.717, 1.165) is 11.6 Å². The molecule has 1 N–H and O–H groups in total. The fraction of sp³-hybridized carbons (Fsp3) is 0.625. The molecule has 0 radical (unpaired) electrons. The maximum atomic E-state index is 13.2. The predicted molar refractivity (Wildman–Crippen MR) is 75.6 cm³/mol. The quantitative estimate of drug-likeness (QED) is 0.900. The molecular formula is C16H23FN2. The van der Waals surface area contributed by atoms with Gasteiger partial charge < -0.3 is 10.2 Å². The third kappa shape index (κ3) is 2.98. The van der Waals surface area contributed by atoms with Crippen LogP contribution in [0.3, 0.4) is 0 Å². The van der Waals surface area contributed by atoms with Crippen molar-refractivity contribution in [1.82, 2.24) is 10.2 Å². The maximum absolute atomic E-state index is 13.2. The van der Waals surface area contributed by atoms with Crippen LogP contribution in [0, 0.1) is 5.82 Å². The number of nitrogens with zero attached hydrogens (tertiary/aromatic N) is 1. The average Bonchev–Trinajstić information content (AvgIpc) is 2.86. The molecule has 0 spiro atoms. The third-order valence-electron chi connectivity index (χ3n) is 4.65. The zero-order chi connectivity index (χ0) is 13.2. The standard InChI is InChI=1S/C16H23FN2/c1-12(13-4-2-5-14(17)10-13)18-15-7-9-19-8-3-6-16(19)11-15/h2,4-5,10,12,15-16,18H,3,6-9,11H2,1H3/t12-,15?,16?/m0/s1. The first-order chi connectivity index (χ1) is 9.22. The molecule has 0 aromatic heterocycles. The van der Waals surface area contributed by atoms with E-state index in [1.54, 1.807) is 12.1 Å². The van der Waals surface area contributed by atoms with Crippen LogP contribution in [0.25, 0.3) is 0 Å². The van der Waals surface area contributed by atoms with Gasteiger partial charge in [0.1, 0.15) is 5.82 Å². The van der Waals surface area contributed by atoms with Gasteiger partial charge in [0, 0.05) is 18.1 Å². The Kier molecular flexibility index (Phi) is 3.85. The van der Waals surface area contributed by atoms with E-state index in [2.05, 4.69) is 17.1 Å². The van der Waals surface area contributed by atoms with Crippen LogP contribution in [0.15, 0.2) is 24.3 Å². The van der Waals surface area contributed by atoms with Crippen molar-refractivity contribution in [1.29, 1.82) is 0 Å². The molecule has 1 aromatic carbocycles. The average molecular weight is 262 g/mol. The fourth-order valence-corrected chi connectivity index (χ4v) is 3.60. The van der Waals surface area contributed by atoms with Gasteiger partial charge in [0.2, 0.25) is 0 Å². The molecule has 2 heterocycles. The summed E-state index contributed by atoms with van der Waals surface area (Å²) in [6.45, 7) is 4.64. The Labute approximate surface area is 115 Å². The Balaban J connectivity index is 1.59. The van der Waals surface area contributed by atoms with Crippen LogP contribution >= 0.6 is 0 Å². The van der Waals surface area contributed by atoms with Crippen molar-refractivity contribution in [2.75, 3.05) is 13.1 Å². The van der Waals surface area contributed by atoms with Crippen LogP contribution in [0.1, 0.15) is 44.2 Å². The Morgan fingerprint density at radius 1 is 1.32 bits per heavy atom. The summed E-state index contributed by atoms with van der Waals surface area (Å²) in [6, 6.07) is 8.54. The molecule has 19 heavy (non-hydrogen) atoms. The van der Waals surface area contributed by atoms with E-state index >= 15 is 0 Å². The topological polar surface area (TPSA) is 15.3 Å². The lowest BCUT2D eigenvalue weighted by Gasteiger charge is -2.36. The lowest BCUT2D eigenvalue weighted by atomic mass is 9.96. The van der Waals surface area contributed by atoms with E-state index in [4.69, 9.17) is 0 Å². The van der Waals surface area contributed by atoms with Crippen LogP contribution < -0.4 is 5.32 Å². The molecule has 0 amide bonds. The molecule has 3 heteroatoms. The summed E-state index contributed by atoms with van der Waals surface area (Å²) in [5, 5.41) is 3.68. The molecule has 0 saturated carbocycles. The second-order valence-corrected chi connectivity index (χ2v) is 6.00. The first-order valence-electron chi connectivity index (χ1n) is 7.48. The van der Waals surface area contributed by atoms with E-state index in [1.807, 2.05) is 6.07 Å². The first kappa shape index (κ1) is 13.1. The van der Waals surface area contributed by atoms with Crippen molar-refractivity contribution in [2.45, 2.75) is 50.7 Å². The summed E-state index contributed by atoms with van der Waals surface area (Å²) in [7, 11) is 0. The van der Waals surface area contributed by atoms with Crippen molar-refractivity contribution in [2.24, 2.45) is 0 Å². The number of hydrogen-bond donors (Lipinski definition) is 1. The van der Waals surface area contributed by atoms with Gasteiger partial charge in [0.15, 0.2) is 0 Å². The van der Waals surface area contributed by atoms with Crippen LogP contribution in [0.5, 0.6) is 0 Å². The zero-order valence-electron chi connectivity index (χ0n) is 11.6. The highest BCUT2D eigenvalue weighted by molar-refractivity contribution is 5.19. The zero-order valence-corrected chi connectivity index (χ0v) is 11.6. The highest BCUT2D eigenvalue weighted by Crippen LogP contribution is 2.28. The Hall–Kier alpha value is -0.930. The largest absolute Gasteiger partial charge is 0.307 e. The summed E-state index contributed by atoms with van der Waals surface area (Å²) >= 11 is 0. The van der Waals surface area contributed by atoms with Crippen molar-refractivity contribution >= 4 is 0 Å². The molecule has 3 rings (SSSR count). The minimum atomic E-state index is -0.142. The molecular weight excluding hydrogens is 239 g/mol. The lowest BCUT2D eigenvalue weighted by Crippen LogP contribution is -2.46. The minimum absolute atomic E-state index is 0.142. The molecule has 2 saturated heterocycles. The Morgan fingerprint density at radius 2 is 2.21 bits per heavy atom. The molecule has 2 aliphatic heterocycles. The van der Waals surface area contributed by atoms with Gasteiger partial charge in [0.25, 0.3) is 0 Å². The highest BCUT2D eigenvalue weighted by Gasteiger charge is 2.31. The van der Waals surface area contributed by atoms with Gasteiger partial charge >= 0.3 is 0 Å². The van der Waals surface area contributed by atoms with E-state index in [-0.39, 0.29) is 11.9 Å². The van der Waals surface area contributed by atoms with Crippen molar-refractivity contribution in [3.05, 3.63) is 35.6 Å². The van der Waals surface area contributed by atoms with E-state index in [9.17, 15) is 4.39 Å². The second kappa shape index (κ2) is 5.59. The van der Waals surface area contributed by atoms with Crippen molar-refractivity contribution < 1.29 is 4.39 Å². The molecule has 0 aliphatic carbocycles. The molecule has 2 aliphatic rings. The van der Waals surface area contributed by atoms with E-state index < -0.39 is 0 Å². The lowest BCUT2D eigenvalue weighted by molar-refractivity contribution is 0.162. The Morgan fingerprint density at radius 3 is 3.05 bits per heavy atom. The molecule has 1 aromatic rings. The molecule has 3 atom stereocenters. The molecule has 2 nitrogen and oxygen atoms in total. The van der Waals surface area contributed by atoms with Gasteiger partial charge in [0.05, 0.1) is 0 Å². The molecule has 0 bridgehead atoms. The van der Waals surface area contributed by atoms with Crippen molar-refractivity contribution in [3.8, 4) is 0 Å². The second-order valence-electron chi connectivity index (χ2n) is 6.00. The number of hydrogen-bond acceptors (Lipinski definition) is 2. The van der Waals surface area contributed by atoms with Gasteiger partial charge in [-0.05, 0) is 63.4 Å². The highest BCUT2D eigenvalue weighted by atomic mass is 19.1. The van der Waals surface area contributed by atoms with Crippen molar-refractivity contribution in [3.63, 3.8) is 0 Å². The molecule has 2 unspecified atom stereocenters. The Bertz CT molecular complexity index is 435. The first-order valence-corrected chi connectivity index (χ1v) is 7.48.